The summed E-state index contributed by atoms with van der Waals surface area (Å²) in [6, 6.07) is 34.9. The van der Waals surface area contributed by atoms with Crippen LogP contribution >= 0.6 is 11.6 Å². The minimum atomic E-state index is -6.09. The van der Waals surface area contributed by atoms with Gasteiger partial charge >= 0.3 is 5.51 Å². The number of benzene rings is 4. The Morgan fingerprint density at radius 1 is 0.707 bits per heavy atom. The number of nitrogens with zero attached hydrogens (tertiary/aromatic N) is 3. The van der Waals surface area contributed by atoms with E-state index in [4.69, 9.17) is 24.6 Å². The first-order valence-corrected chi connectivity index (χ1v) is 21.2. The smallest absolute Gasteiger partial charge is 0.485 e. The lowest BCUT2D eigenvalue weighted by Crippen LogP contribution is -2.26. The number of hydrogen-bond donors (Lipinski definition) is 0. The maximum absolute atomic E-state index is 10.7. The molecule has 58 heavy (non-hydrogen) atoms. The van der Waals surface area contributed by atoms with Crippen molar-refractivity contribution in [2.45, 2.75) is 77.6 Å². The molecule has 7 rings (SSSR count). The molecule has 1 aliphatic carbocycles. The maximum atomic E-state index is 10.7. The molecule has 2 aliphatic heterocycles. The number of hydrogen-bond acceptors (Lipinski definition) is 5. The lowest BCUT2D eigenvalue weighted by Gasteiger charge is -2.26. The van der Waals surface area contributed by atoms with Gasteiger partial charge in [0.15, 0.2) is 10.1 Å². The summed E-state index contributed by atoms with van der Waals surface area (Å²) in [5, 5.41) is 0.787. The van der Waals surface area contributed by atoms with E-state index in [0.717, 1.165) is 42.3 Å². The van der Waals surface area contributed by atoms with E-state index < -0.39 is 15.6 Å². The van der Waals surface area contributed by atoms with Crippen LogP contribution in [0.15, 0.2) is 144 Å². The number of aryl methyl sites for hydroxylation is 1. The molecule has 2 heterocycles. The van der Waals surface area contributed by atoms with E-state index in [1.807, 2.05) is 6.07 Å². The molecule has 0 atom stereocenters. The van der Waals surface area contributed by atoms with Gasteiger partial charge in [0.1, 0.15) is 0 Å². The fourth-order valence-electron chi connectivity index (χ4n) is 8.36. The first kappa shape index (κ1) is 42.7. The maximum Gasteiger partial charge on any atom is 0.485 e. The molecule has 0 spiro atoms. The number of fused-ring (bicyclic) bond motifs is 2. The van der Waals surface area contributed by atoms with Crippen LogP contribution < -0.4 is 14.4 Å². The Hall–Kier alpha value is -4.90. The summed E-state index contributed by atoms with van der Waals surface area (Å²) in [4.78, 5) is 4.95. The monoisotopic (exact) mass is 827 g/mol. The van der Waals surface area contributed by atoms with Crippen molar-refractivity contribution in [1.82, 2.24) is 4.58 Å². The molecule has 1 fully saturated rings. The quantitative estimate of drug-likeness (QED) is 0.110. The average molecular weight is 828 g/mol. The Morgan fingerprint density at radius 2 is 1.12 bits per heavy atom. The van der Waals surface area contributed by atoms with Gasteiger partial charge < -0.3 is 14.4 Å². The number of allylic oxidation sites excluding steroid dienone is 8. The summed E-state index contributed by atoms with van der Waals surface area (Å²) in [7, 11) is -6.09. The number of likely N-dealkylation sites (N-methyl/N-ethyl adjacent to an activating group) is 2. The summed E-state index contributed by atoms with van der Waals surface area (Å²) >= 11 is 6.53. The van der Waals surface area contributed by atoms with Crippen molar-refractivity contribution in [3.8, 4) is 0 Å². The van der Waals surface area contributed by atoms with E-state index in [1.54, 1.807) is 0 Å². The Bertz CT molecular complexity index is 2320. The largest absolute Gasteiger partial charge is 0.741 e. The van der Waals surface area contributed by atoms with E-state index in [2.05, 4.69) is 178 Å². The van der Waals surface area contributed by atoms with E-state index in [0.29, 0.717) is 0 Å². The molecule has 0 bridgehead atoms. The van der Waals surface area contributed by atoms with E-state index >= 15 is 0 Å². The highest BCUT2D eigenvalue weighted by atomic mass is 35.5. The highest BCUT2D eigenvalue weighted by Gasteiger charge is 2.41. The van der Waals surface area contributed by atoms with Gasteiger partial charge in [-0.05, 0) is 81.2 Å². The van der Waals surface area contributed by atoms with Crippen molar-refractivity contribution in [3.63, 3.8) is 0 Å². The first-order chi connectivity index (χ1) is 27.3. The molecule has 0 amide bonds. The summed E-state index contributed by atoms with van der Waals surface area (Å²) in [6.07, 6.45) is 11.5. The van der Waals surface area contributed by atoms with Crippen LogP contribution in [0, 0.1) is 6.92 Å². The molecule has 4 aromatic rings. The second-order valence-corrected chi connectivity index (χ2v) is 17.5. The standard InChI is InChI=1S/C46H49ClN3.CHF3O3S/c1-8-48-40-26-20-32(3)30-38(40)45(4,5)42(48)28-23-33-21-22-34(44(33)50(36-16-12-10-13-17-36)37-18-14-11-15-19-37)24-29-43-46(6,7)39-31-35(47)25-27-41(39)49(43)9-2;2-1(3,4)8(5,6)7/h10-20,23-31H,8-9,21-22H2,1-7H3;(H,5,6,7)/q+1;/p-1. The SMILES string of the molecule is CCN1C(=CC=C2CCC(=CC=C3N(CC)c4ccc(Cl)cc4C3(C)C)C2=[N+](c2ccccc2)c2ccccc2)C(C)(C)c2cc(C)ccc21.O=S(=O)([O-])C(F)(F)F. The van der Waals surface area contributed by atoms with Crippen molar-refractivity contribution >= 4 is 50.2 Å². The van der Waals surface area contributed by atoms with Gasteiger partial charge in [0.05, 0.1) is 0 Å². The molecule has 304 valence electrons. The zero-order chi connectivity index (χ0) is 42.2. The number of rotatable bonds is 6. The Labute approximate surface area is 345 Å². The van der Waals surface area contributed by atoms with Gasteiger partial charge in [-0.1, -0.05) is 106 Å². The predicted octanol–water partition coefficient (Wildman–Crippen LogP) is 12.0. The third-order valence-electron chi connectivity index (χ3n) is 11.2. The van der Waals surface area contributed by atoms with Crippen LogP contribution in [0.4, 0.5) is 35.9 Å². The summed E-state index contributed by atoms with van der Waals surface area (Å²) in [5.74, 6) is 0. The summed E-state index contributed by atoms with van der Waals surface area (Å²) < 4.78 is 61.4. The van der Waals surface area contributed by atoms with Gasteiger partial charge in [-0.2, -0.15) is 17.7 Å². The van der Waals surface area contributed by atoms with Crippen LogP contribution in [0.1, 0.15) is 71.1 Å². The fourth-order valence-corrected chi connectivity index (χ4v) is 8.54. The van der Waals surface area contributed by atoms with Crippen LogP contribution in [0.25, 0.3) is 0 Å². The van der Waals surface area contributed by atoms with Gasteiger partial charge in [-0.15, -0.1) is 0 Å². The van der Waals surface area contributed by atoms with Crippen molar-refractivity contribution < 1.29 is 26.1 Å². The molecule has 6 nitrogen and oxygen atoms in total. The van der Waals surface area contributed by atoms with Crippen LogP contribution in [0.5, 0.6) is 0 Å². The average Bonchev–Trinajstić information content (AvgIpc) is 3.73. The van der Waals surface area contributed by atoms with Crippen molar-refractivity contribution in [3.05, 3.63) is 166 Å². The lowest BCUT2D eigenvalue weighted by molar-refractivity contribution is -0.0517. The lowest BCUT2D eigenvalue weighted by atomic mass is 9.83. The minimum absolute atomic E-state index is 0.0929. The predicted molar refractivity (Wildman–Crippen MR) is 231 cm³/mol. The molecule has 11 heteroatoms. The zero-order valence-electron chi connectivity index (χ0n) is 33.9. The van der Waals surface area contributed by atoms with Crippen molar-refractivity contribution in [1.29, 1.82) is 0 Å². The van der Waals surface area contributed by atoms with Crippen molar-refractivity contribution in [2.24, 2.45) is 0 Å². The van der Waals surface area contributed by atoms with Crippen molar-refractivity contribution in [2.75, 3.05) is 22.9 Å². The van der Waals surface area contributed by atoms with E-state index in [1.165, 1.54) is 56.3 Å². The number of anilines is 2. The number of para-hydroxylation sites is 2. The second-order valence-electron chi connectivity index (χ2n) is 15.7. The van der Waals surface area contributed by atoms with Gasteiger partial charge in [-0.3, -0.25) is 0 Å². The van der Waals surface area contributed by atoms with E-state index in [-0.39, 0.29) is 10.8 Å². The van der Waals surface area contributed by atoms with E-state index in [9.17, 15) is 13.2 Å². The zero-order valence-corrected chi connectivity index (χ0v) is 35.4. The minimum Gasteiger partial charge on any atom is -0.741 e. The van der Waals surface area contributed by atoms with Gasteiger partial charge in [0, 0.05) is 87.1 Å². The molecular weight excluding hydrogens is 779 g/mol. The van der Waals surface area contributed by atoms with Gasteiger partial charge in [0.25, 0.3) is 0 Å². The number of alkyl halides is 3. The third-order valence-corrected chi connectivity index (χ3v) is 12.0. The van der Waals surface area contributed by atoms with Crippen LogP contribution in [0.3, 0.4) is 0 Å². The summed E-state index contributed by atoms with van der Waals surface area (Å²) in [6.45, 7) is 17.9. The second kappa shape index (κ2) is 16.4. The normalized spacial score (nSPS) is 19.8. The molecule has 0 unspecified atom stereocenters. The molecule has 3 aliphatic rings. The van der Waals surface area contributed by atoms with Crippen LogP contribution in [0.2, 0.25) is 5.02 Å². The fraction of sp³-hybridized carbons (Fsp3) is 0.298. The molecule has 0 aromatic heterocycles. The number of halogens is 4. The molecule has 0 saturated heterocycles. The Morgan fingerprint density at radius 3 is 1.53 bits per heavy atom. The molecule has 0 radical (unpaired) electrons. The molecular formula is C47H49ClF3N3O3S. The first-order valence-electron chi connectivity index (χ1n) is 19.4. The molecule has 4 aromatic carbocycles. The highest BCUT2D eigenvalue weighted by Crippen LogP contribution is 2.50. The van der Waals surface area contributed by atoms with Gasteiger partial charge in [0.2, 0.25) is 17.1 Å². The third kappa shape index (κ3) is 8.20. The topological polar surface area (TPSA) is 66.7 Å². The van der Waals surface area contributed by atoms with Crippen LogP contribution in [-0.4, -0.2) is 37.3 Å². The molecule has 1 saturated carbocycles. The molecule has 0 N–H and O–H groups in total. The van der Waals surface area contributed by atoms with Crippen LogP contribution in [-0.2, 0) is 20.9 Å². The Balaban J connectivity index is 0.000000643. The summed E-state index contributed by atoms with van der Waals surface area (Å²) in [5.41, 5.74) is 9.59. The van der Waals surface area contributed by atoms with Gasteiger partial charge in [-0.25, -0.2) is 8.42 Å². The highest BCUT2D eigenvalue weighted by molar-refractivity contribution is 7.86. The Kier molecular flexibility index (Phi) is 12.1.